The molecule has 1 aliphatic rings. The van der Waals surface area contributed by atoms with Crippen molar-refractivity contribution >= 4 is 29.9 Å². The second-order valence-electron chi connectivity index (χ2n) is 7.63. The fourth-order valence-electron chi connectivity index (χ4n) is 3.89. The van der Waals surface area contributed by atoms with Crippen LogP contribution in [-0.2, 0) is 16.7 Å². The average Bonchev–Trinajstić information content (AvgIpc) is 2.81. The Balaban J connectivity index is 0.00000363. The summed E-state index contributed by atoms with van der Waals surface area (Å²) in [6.07, 6.45) is 1.66. The number of methoxy groups -OCH3 is 2. The van der Waals surface area contributed by atoms with Crippen molar-refractivity contribution in [3.05, 3.63) is 59.4 Å². The van der Waals surface area contributed by atoms with Crippen LogP contribution in [0, 0.1) is 5.82 Å². The summed E-state index contributed by atoms with van der Waals surface area (Å²) in [7, 11) is 3.27. The first-order valence-corrected chi connectivity index (χ1v) is 10.7. The number of halogens is 2. The maximum absolute atomic E-state index is 13.9. The van der Waals surface area contributed by atoms with Gasteiger partial charge in [0.2, 0.25) is 0 Å². The Morgan fingerprint density at radius 1 is 1.09 bits per heavy atom. The molecule has 2 N–H and O–H groups in total. The summed E-state index contributed by atoms with van der Waals surface area (Å²) in [5.74, 6) is 1.98. The predicted octanol–water partition coefficient (Wildman–Crippen LogP) is 4.26. The lowest BCUT2D eigenvalue weighted by Crippen LogP contribution is -2.48. The summed E-state index contributed by atoms with van der Waals surface area (Å²) in [5, 5.41) is 6.78. The molecule has 32 heavy (non-hydrogen) atoms. The second kappa shape index (κ2) is 12.8. The minimum atomic E-state index is -0.212. The van der Waals surface area contributed by atoms with E-state index in [1.807, 2.05) is 31.2 Å². The summed E-state index contributed by atoms with van der Waals surface area (Å²) < 4.78 is 30.3. The summed E-state index contributed by atoms with van der Waals surface area (Å²) in [6, 6.07) is 12.6. The Morgan fingerprint density at radius 3 is 2.53 bits per heavy atom. The van der Waals surface area contributed by atoms with Crippen molar-refractivity contribution in [3.63, 3.8) is 0 Å². The summed E-state index contributed by atoms with van der Waals surface area (Å²) >= 11 is 0. The molecule has 0 amide bonds. The third kappa shape index (κ3) is 6.71. The molecule has 6 nitrogen and oxygen atoms in total. The van der Waals surface area contributed by atoms with Gasteiger partial charge in [0, 0.05) is 43.3 Å². The number of guanidine groups is 1. The molecule has 0 unspecified atom stereocenters. The van der Waals surface area contributed by atoms with E-state index >= 15 is 0 Å². The predicted molar refractivity (Wildman–Crippen MR) is 136 cm³/mol. The van der Waals surface area contributed by atoms with Gasteiger partial charge in [-0.15, -0.1) is 24.0 Å². The number of benzene rings is 2. The van der Waals surface area contributed by atoms with E-state index in [0.29, 0.717) is 32.3 Å². The zero-order valence-electron chi connectivity index (χ0n) is 18.9. The number of hydrogen-bond donors (Lipinski definition) is 2. The van der Waals surface area contributed by atoms with E-state index in [9.17, 15) is 4.39 Å². The zero-order chi connectivity index (χ0) is 22.1. The van der Waals surface area contributed by atoms with Gasteiger partial charge in [-0.1, -0.05) is 12.1 Å². The van der Waals surface area contributed by atoms with Crippen LogP contribution in [0.4, 0.5) is 4.39 Å². The van der Waals surface area contributed by atoms with E-state index in [-0.39, 0.29) is 35.2 Å². The van der Waals surface area contributed by atoms with Crippen LogP contribution in [-0.4, -0.2) is 46.5 Å². The maximum Gasteiger partial charge on any atom is 0.191 e. The molecule has 2 aromatic rings. The van der Waals surface area contributed by atoms with Gasteiger partial charge in [-0.05, 0) is 49.6 Å². The molecule has 0 spiro atoms. The van der Waals surface area contributed by atoms with Crippen LogP contribution in [0.3, 0.4) is 0 Å². The molecule has 0 aliphatic carbocycles. The van der Waals surface area contributed by atoms with Crippen LogP contribution in [0.25, 0.3) is 0 Å². The third-order valence-electron chi connectivity index (χ3n) is 5.73. The molecule has 1 saturated heterocycles. The van der Waals surface area contributed by atoms with Crippen LogP contribution in [0.15, 0.2) is 47.5 Å². The van der Waals surface area contributed by atoms with Gasteiger partial charge in [0.1, 0.15) is 17.3 Å². The van der Waals surface area contributed by atoms with Gasteiger partial charge in [0.15, 0.2) is 5.96 Å². The molecule has 1 heterocycles. The molecule has 8 heteroatoms. The second-order valence-corrected chi connectivity index (χ2v) is 7.63. The Labute approximate surface area is 207 Å². The summed E-state index contributed by atoms with van der Waals surface area (Å²) in [4.78, 5) is 4.74. The molecule has 1 fully saturated rings. The lowest BCUT2D eigenvalue weighted by atomic mass is 9.74. The van der Waals surface area contributed by atoms with Crippen molar-refractivity contribution in [2.24, 2.45) is 4.99 Å². The smallest absolute Gasteiger partial charge is 0.191 e. The maximum atomic E-state index is 13.9. The molecule has 1 aliphatic heterocycles. The van der Waals surface area contributed by atoms with Crippen LogP contribution in [0.5, 0.6) is 11.5 Å². The number of nitrogens with one attached hydrogen (secondary N) is 2. The van der Waals surface area contributed by atoms with E-state index in [2.05, 4.69) is 10.6 Å². The van der Waals surface area contributed by atoms with Gasteiger partial charge in [0.25, 0.3) is 0 Å². The highest BCUT2D eigenvalue weighted by atomic mass is 127. The first-order valence-electron chi connectivity index (χ1n) is 10.7. The normalized spacial score (nSPS) is 15.4. The Bertz CT molecular complexity index is 889. The van der Waals surface area contributed by atoms with Gasteiger partial charge in [-0.2, -0.15) is 0 Å². The lowest BCUT2D eigenvalue weighted by Gasteiger charge is -2.38. The van der Waals surface area contributed by atoms with Gasteiger partial charge >= 0.3 is 0 Å². The summed E-state index contributed by atoms with van der Waals surface area (Å²) in [6.45, 7) is 5.19. The van der Waals surface area contributed by atoms with Gasteiger partial charge in [-0.25, -0.2) is 9.38 Å². The molecule has 0 saturated carbocycles. The number of nitrogens with zero attached hydrogens (tertiary/aromatic N) is 1. The average molecular weight is 557 g/mol. The van der Waals surface area contributed by atoms with Gasteiger partial charge in [0.05, 0.1) is 20.8 Å². The van der Waals surface area contributed by atoms with Crippen molar-refractivity contribution in [1.29, 1.82) is 0 Å². The van der Waals surface area contributed by atoms with Gasteiger partial charge in [-0.3, -0.25) is 0 Å². The molecule has 0 aromatic heterocycles. The lowest BCUT2D eigenvalue weighted by molar-refractivity contribution is 0.0513. The minimum Gasteiger partial charge on any atom is -0.497 e. The number of hydrogen-bond acceptors (Lipinski definition) is 4. The number of aliphatic imine (C=N–C) groups is 1. The first-order chi connectivity index (χ1) is 15.1. The topological polar surface area (TPSA) is 64.1 Å². The molecule has 0 bridgehead atoms. The Hall–Kier alpha value is -2.07. The van der Waals surface area contributed by atoms with Crippen molar-refractivity contribution in [2.75, 3.05) is 40.5 Å². The fourth-order valence-corrected chi connectivity index (χ4v) is 3.89. The van der Waals surface area contributed by atoms with E-state index < -0.39 is 0 Å². The van der Waals surface area contributed by atoms with E-state index in [1.54, 1.807) is 26.4 Å². The van der Waals surface area contributed by atoms with Crippen LogP contribution >= 0.6 is 24.0 Å². The monoisotopic (exact) mass is 557 g/mol. The molecule has 0 radical (unpaired) electrons. The van der Waals surface area contributed by atoms with Crippen LogP contribution in [0.2, 0.25) is 0 Å². The largest absolute Gasteiger partial charge is 0.497 e. The van der Waals surface area contributed by atoms with E-state index in [0.717, 1.165) is 42.0 Å². The molecular formula is C24H33FIN3O3. The van der Waals surface area contributed by atoms with E-state index in [4.69, 9.17) is 19.2 Å². The first kappa shape index (κ1) is 26.2. The van der Waals surface area contributed by atoms with Crippen molar-refractivity contribution in [1.82, 2.24) is 10.6 Å². The highest BCUT2D eigenvalue weighted by molar-refractivity contribution is 14.0. The Kier molecular flexibility index (Phi) is 10.5. The SMILES string of the molecule is CCNC(=NCc1ccc(OC)cc1OC)NCC1(c2cccc(F)c2)CCOCC1.I. The molecule has 2 aromatic carbocycles. The standard InChI is InChI=1S/C24H32FN3O3.HI/c1-4-26-23(27-16-18-8-9-21(29-2)15-22(18)30-3)28-17-24(10-12-31-13-11-24)19-6-5-7-20(25)14-19;/h5-9,14-15H,4,10-13,16-17H2,1-3H3,(H2,26,27,28);1H. The molecular weight excluding hydrogens is 524 g/mol. The van der Waals surface area contributed by atoms with E-state index in [1.165, 1.54) is 6.07 Å². The van der Waals surface area contributed by atoms with Crippen molar-refractivity contribution in [3.8, 4) is 11.5 Å². The van der Waals surface area contributed by atoms with Crippen molar-refractivity contribution in [2.45, 2.75) is 31.7 Å². The quantitative estimate of drug-likeness (QED) is 0.289. The summed E-state index contributed by atoms with van der Waals surface area (Å²) in [5.41, 5.74) is 1.76. The fraction of sp³-hybridized carbons (Fsp3) is 0.458. The molecule has 176 valence electrons. The van der Waals surface area contributed by atoms with Crippen molar-refractivity contribution < 1.29 is 18.6 Å². The van der Waals surface area contributed by atoms with Gasteiger partial charge < -0.3 is 24.8 Å². The minimum absolute atomic E-state index is 0. The third-order valence-corrected chi connectivity index (χ3v) is 5.73. The zero-order valence-corrected chi connectivity index (χ0v) is 21.3. The van der Waals surface area contributed by atoms with Crippen LogP contribution < -0.4 is 20.1 Å². The molecule has 0 atom stereocenters. The van der Waals surface area contributed by atoms with Crippen LogP contribution in [0.1, 0.15) is 30.9 Å². The number of rotatable bonds is 8. The number of ether oxygens (including phenoxy) is 3. The molecule has 3 rings (SSSR count). The highest BCUT2D eigenvalue weighted by Gasteiger charge is 2.35. The Morgan fingerprint density at radius 2 is 1.88 bits per heavy atom. The highest BCUT2D eigenvalue weighted by Crippen LogP contribution is 2.34.